The van der Waals surface area contributed by atoms with Crippen molar-refractivity contribution in [2.45, 2.75) is 0 Å². The molecule has 0 unspecified atom stereocenters. The summed E-state index contributed by atoms with van der Waals surface area (Å²) in [4.78, 5) is 6.91. The van der Waals surface area contributed by atoms with Crippen LogP contribution in [0.1, 0.15) is 5.69 Å². The van der Waals surface area contributed by atoms with Gasteiger partial charge in [0, 0.05) is 13.2 Å². The van der Waals surface area contributed by atoms with Crippen molar-refractivity contribution in [3.05, 3.63) is 24.3 Å². The molecule has 0 bridgehead atoms. The standard InChI is InChI=1S/C8H7N5/c1-13-5-6(3-11-13)8-10-4-7(2-9)12-8/h3-5H,1H3,(H,10,12). The van der Waals surface area contributed by atoms with Crippen molar-refractivity contribution in [3.63, 3.8) is 0 Å². The summed E-state index contributed by atoms with van der Waals surface area (Å²) in [5.74, 6) is 0.671. The molecular formula is C8H7N5. The van der Waals surface area contributed by atoms with Gasteiger partial charge in [0.1, 0.15) is 17.6 Å². The van der Waals surface area contributed by atoms with Gasteiger partial charge in [-0.15, -0.1) is 0 Å². The molecule has 2 rings (SSSR count). The van der Waals surface area contributed by atoms with Crippen molar-refractivity contribution in [1.82, 2.24) is 19.7 Å². The summed E-state index contributed by atoms with van der Waals surface area (Å²) in [6, 6.07) is 1.98. The van der Waals surface area contributed by atoms with Crippen LogP contribution in [0.4, 0.5) is 0 Å². The van der Waals surface area contributed by atoms with Crippen LogP contribution in [0.3, 0.4) is 0 Å². The first-order valence-electron chi connectivity index (χ1n) is 3.74. The summed E-state index contributed by atoms with van der Waals surface area (Å²) >= 11 is 0. The lowest BCUT2D eigenvalue weighted by molar-refractivity contribution is 0.768. The molecule has 64 valence electrons. The minimum atomic E-state index is 0.457. The zero-order valence-corrected chi connectivity index (χ0v) is 7.02. The smallest absolute Gasteiger partial charge is 0.141 e. The van der Waals surface area contributed by atoms with Gasteiger partial charge in [-0.05, 0) is 0 Å². The number of aryl methyl sites for hydroxylation is 1. The highest BCUT2D eigenvalue weighted by Gasteiger charge is 2.04. The Labute approximate surface area is 74.6 Å². The predicted octanol–water partition coefficient (Wildman–Crippen LogP) is 0.682. The van der Waals surface area contributed by atoms with Crippen LogP contribution >= 0.6 is 0 Å². The van der Waals surface area contributed by atoms with Gasteiger partial charge in [0.2, 0.25) is 0 Å². The van der Waals surface area contributed by atoms with Crippen molar-refractivity contribution < 1.29 is 0 Å². The largest absolute Gasteiger partial charge is 0.330 e. The van der Waals surface area contributed by atoms with E-state index in [9.17, 15) is 0 Å². The maximum Gasteiger partial charge on any atom is 0.141 e. The fraction of sp³-hybridized carbons (Fsp3) is 0.125. The van der Waals surface area contributed by atoms with Crippen molar-refractivity contribution in [3.8, 4) is 17.5 Å². The van der Waals surface area contributed by atoms with Crippen LogP contribution in [0.2, 0.25) is 0 Å². The van der Waals surface area contributed by atoms with Crippen molar-refractivity contribution in [2.24, 2.45) is 7.05 Å². The second kappa shape index (κ2) is 2.75. The molecule has 0 aliphatic rings. The van der Waals surface area contributed by atoms with Crippen LogP contribution in [-0.4, -0.2) is 19.7 Å². The van der Waals surface area contributed by atoms with E-state index in [2.05, 4.69) is 15.1 Å². The molecule has 2 aromatic heterocycles. The molecule has 1 N–H and O–H groups in total. The lowest BCUT2D eigenvalue weighted by Crippen LogP contribution is -1.84. The second-order valence-corrected chi connectivity index (χ2v) is 2.66. The maximum absolute atomic E-state index is 8.56. The fourth-order valence-corrected chi connectivity index (χ4v) is 1.07. The van der Waals surface area contributed by atoms with Crippen molar-refractivity contribution in [1.29, 1.82) is 5.26 Å². The quantitative estimate of drug-likeness (QED) is 0.689. The Kier molecular flexibility index (Phi) is 1.60. The van der Waals surface area contributed by atoms with E-state index in [1.165, 1.54) is 6.20 Å². The van der Waals surface area contributed by atoms with E-state index in [0.29, 0.717) is 11.5 Å². The van der Waals surface area contributed by atoms with E-state index in [-0.39, 0.29) is 0 Å². The molecule has 0 saturated heterocycles. The number of hydrogen-bond acceptors (Lipinski definition) is 3. The minimum absolute atomic E-state index is 0.457. The van der Waals surface area contributed by atoms with Gasteiger partial charge in [-0.25, -0.2) is 4.98 Å². The summed E-state index contributed by atoms with van der Waals surface area (Å²) in [6.07, 6.45) is 5.03. The first-order valence-corrected chi connectivity index (χ1v) is 3.74. The van der Waals surface area contributed by atoms with E-state index in [1.54, 1.807) is 10.9 Å². The van der Waals surface area contributed by atoms with Gasteiger partial charge in [0.05, 0.1) is 18.0 Å². The van der Waals surface area contributed by atoms with E-state index < -0.39 is 0 Å². The molecule has 0 saturated carbocycles. The lowest BCUT2D eigenvalue weighted by atomic mass is 10.3. The minimum Gasteiger partial charge on any atom is -0.330 e. The van der Waals surface area contributed by atoms with Crippen LogP contribution in [0.15, 0.2) is 18.6 Å². The van der Waals surface area contributed by atoms with Gasteiger partial charge >= 0.3 is 0 Å². The normalized spacial score (nSPS) is 9.85. The van der Waals surface area contributed by atoms with Gasteiger partial charge in [0.15, 0.2) is 0 Å². The third kappa shape index (κ3) is 1.29. The molecule has 0 aliphatic heterocycles. The predicted molar refractivity (Wildman–Crippen MR) is 45.5 cm³/mol. The number of aromatic amines is 1. The highest BCUT2D eigenvalue weighted by Crippen LogP contribution is 2.13. The number of imidazole rings is 1. The molecule has 0 radical (unpaired) electrons. The monoisotopic (exact) mass is 173 g/mol. The fourth-order valence-electron chi connectivity index (χ4n) is 1.07. The van der Waals surface area contributed by atoms with Crippen molar-refractivity contribution >= 4 is 0 Å². The summed E-state index contributed by atoms with van der Waals surface area (Å²) in [5.41, 5.74) is 1.34. The third-order valence-electron chi connectivity index (χ3n) is 1.67. The molecule has 0 spiro atoms. The SMILES string of the molecule is Cn1cc(-c2ncc(C#N)[nH]2)cn1. The molecule has 0 fully saturated rings. The summed E-state index contributed by atoms with van der Waals surface area (Å²) in [5, 5.41) is 12.6. The number of nitrogens with zero attached hydrogens (tertiary/aromatic N) is 4. The Bertz CT molecular complexity index is 459. The Hall–Kier alpha value is -2.09. The van der Waals surface area contributed by atoms with Crippen LogP contribution in [0.25, 0.3) is 11.4 Å². The van der Waals surface area contributed by atoms with Gasteiger partial charge in [-0.2, -0.15) is 10.4 Å². The number of aromatic nitrogens is 4. The summed E-state index contributed by atoms with van der Waals surface area (Å²) < 4.78 is 1.68. The van der Waals surface area contributed by atoms with Crippen LogP contribution < -0.4 is 0 Å². The molecule has 5 nitrogen and oxygen atoms in total. The second-order valence-electron chi connectivity index (χ2n) is 2.66. The Balaban J connectivity index is 2.42. The molecule has 2 heterocycles. The van der Waals surface area contributed by atoms with Crippen molar-refractivity contribution in [2.75, 3.05) is 0 Å². The van der Waals surface area contributed by atoms with Crippen LogP contribution in [-0.2, 0) is 7.05 Å². The lowest BCUT2D eigenvalue weighted by Gasteiger charge is -1.86. The zero-order valence-electron chi connectivity index (χ0n) is 7.02. The average molecular weight is 173 g/mol. The number of nitriles is 1. The number of hydrogen-bond donors (Lipinski definition) is 1. The number of rotatable bonds is 1. The molecule has 0 aromatic carbocycles. The van der Waals surface area contributed by atoms with E-state index in [4.69, 9.17) is 5.26 Å². The van der Waals surface area contributed by atoms with Crippen LogP contribution in [0, 0.1) is 11.3 Å². The Morgan fingerprint density at radius 3 is 2.92 bits per heavy atom. The molecule has 0 aliphatic carbocycles. The molecule has 13 heavy (non-hydrogen) atoms. The molecular weight excluding hydrogens is 166 g/mol. The summed E-state index contributed by atoms with van der Waals surface area (Å²) in [7, 11) is 1.83. The highest BCUT2D eigenvalue weighted by atomic mass is 15.2. The summed E-state index contributed by atoms with van der Waals surface area (Å²) in [6.45, 7) is 0. The maximum atomic E-state index is 8.56. The zero-order chi connectivity index (χ0) is 9.26. The Morgan fingerprint density at radius 2 is 2.38 bits per heavy atom. The first kappa shape index (κ1) is 7.55. The molecule has 2 aromatic rings. The van der Waals surface area contributed by atoms with Crippen LogP contribution in [0.5, 0.6) is 0 Å². The topological polar surface area (TPSA) is 70.3 Å². The third-order valence-corrected chi connectivity index (χ3v) is 1.67. The van der Waals surface area contributed by atoms with E-state index >= 15 is 0 Å². The van der Waals surface area contributed by atoms with E-state index in [1.807, 2.05) is 19.3 Å². The highest BCUT2D eigenvalue weighted by molar-refractivity contribution is 5.53. The van der Waals surface area contributed by atoms with Gasteiger partial charge in [0.25, 0.3) is 0 Å². The number of nitrogens with one attached hydrogen (secondary N) is 1. The van der Waals surface area contributed by atoms with E-state index in [0.717, 1.165) is 5.56 Å². The van der Waals surface area contributed by atoms with Gasteiger partial charge < -0.3 is 4.98 Å². The average Bonchev–Trinajstić information content (AvgIpc) is 2.71. The molecule has 0 atom stereocenters. The molecule has 5 heteroatoms. The van der Waals surface area contributed by atoms with Gasteiger partial charge in [-0.3, -0.25) is 4.68 Å². The Morgan fingerprint density at radius 1 is 1.54 bits per heavy atom. The van der Waals surface area contributed by atoms with Gasteiger partial charge in [-0.1, -0.05) is 0 Å². The first-order chi connectivity index (χ1) is 6.29. The molecule has 0 amide bonds. The number of H-pyrrole nitrogens is 1.